The standard InChI is InChI=1S/C22H27Cl2N3O3S/c1-2-26(16-17-7-3-4-8-19(17)23)14-11-22(28)25-21-15-18(9-10-20(21)24)31(29,30)27-12-5-6-13-27/h3-4,7-10,15H,2,5-6,11-14,16H2,1H3,(H,25,28). The average molecular weight is 484 g/mol. The Balaban J connectivity index is 1.62. The zero-order chi connectivity index (χ0) is 22.4. The summed E-state index contributed by atoms with van der Waals surface area (Å²) in [6.07, 6.45) is 1.97. The molecule has 168 valence electrons. The highest BCUT2D eigenvalue weighted by atomic mass is 35.5. The van der Waals surface area contributed by atoms with Gasteiger partial charge in [0.2, 0.25) is 15.9 Å². The average Bonchev–Trinajstić information content (AvgIpc) is 3.30. The number of rotatable bonds is 9. The molecule has 0 unspecified atom stereocenters. The second kappa shape index (κ2) is 10.8. The molecule has 2 aromatic carbocycles. The van der Waals surface area contributed by atoms with Gasteiger partial charge in [0.25, 0.3) is 0 Å². The van der Waals surface area contributed by atoms with E-state index in [-0.39, 0.29) is 17.2 Å². The van der Waals surface area contributed by atoms with E-state index in [1.165, 1.54) is 22.5 Å². The minimum Gasteiger partial charge on any atom is -0.325 e. The lowest BCUT2D eigenvalue weighted by molar-refractivity contribution is -0.116. The molecule has 1 fully saturated rings. The van der Waals surface area contributed by atoms with Crippen LogP contribution in [0, 0.1) is 0 Å². The van der Waals surface area contributed by atoms with Crippen LogP contribution in [0.5, 0.6) is 0 Å². The Labute approximate surface area is 194 Å². The quantitative estimate of drug-likeness (QED) is 0.564. The highest BCUT2D eigenvalue weighted by molar-refractivity contribution is 7.89. The molecule has 0 aromatic heterocycles. The van der Waals surface area contributed by atoms with Crippen LogP contribution in [0.1, 0.15) is 31.7 Å². The van der Waals surface area contributed by atoms with E-state index >= 15 is 0 Å². The third-order valence-electron chi connectivity index (χ3n) is 5.37. The summed E-state index contributed by atoms with van der Waals surface area (Å²) >= 11 is 12.5. The molecular formula is C22H27Cl2N3O3S. The fraction of sp³-hybridized carbons (Fsp3) is 0.409. The molecular weight excluding hydrogens is 457 g/mol. The van der Waals surface area contributed by atoms with E-state index < -0.39 is 10.0 Å². The van der Waals surface area contributed by atoms with Gasteiger partial charge >= 0.3 is 0 Å². The van der Waals surface area contributed by atoms with Gasteiger partial charge in [-0.05, 0) is 49.2 Å². The van der Waals surface area contributed by atoms with Crippen molar-refractivity contribution < 1.29 is 13.2 Å². The number of sulfonamides is 1. The smallest absolute Gasteiger partial charge is 0.243 e. The minimum absolute atomic E-state index is 0.142. The van der Waals surface area contributed by atoms with E-state index in [9.17, 15) is 13.2 Å². The summed E-state index contributed by atoms with van der Waals surface area (Å²) in [6, 6.07) is 12.1. The summed E-state index contributed by atoms with van der Waals surface area (Å²) in [7, 11) is -3.58. The highest BCUT2D eigenvalue weighted by Gasteiger charge is 2.27. The van der Waals surface area contributed by atoms with Gasteiger partial charge in [-0.1, -0.05) is 48.3 Å². The number of carbonyl (C=O) groups is 1. The van der Waals surface area contributed by atoms with Crippen molar-refractivity contribution >= 4 is 44.8 Å². The molecule has 6 nitrogen and oxygen atoms in total. The van der Waals surface area contributed by atoms with Gasteiger partial charge in [0, 0.05) is 37.6 Å². The largest absolute Gasteiger partial charge is 0.325 e. The predicted octanol–water partition coefficient (Wildman–Crippen LogP) is 4.63. The Hall–Kier alpha value is -1.64. The summed E-state index contributed by atoms with van der Waals surface area (Å²) in [6.45, 7) is 5.02. The number of hydrogen-bond acceptors (Lipinski definition) is 4. The first-order chi connectivity index (χ1) is 14.8. The third-order valence-corrected chi connectivity index (χ3v) is 7.96. The van der Waals surface area contributed by atoms with Crippen molar-refractivity contribution in [3.8, 4) is 0 Å². The molecule has 9 heteroatoms. The molecule has 3 rings (SSSR count). The van der Waals surface area contributed by atoms with Gasteiger partial charge in [-0.15, -0.1) is 0 Å². The molecule has 0 atom stereocenters. The molecule has 1 aliphatic rings. The van der Waals surface area contributed by atoms with Crippen molar-refractivity contribution in [1.82, 2.24) is 9.21 Å². The van der Waals surface area contributed by atoms with Crippen molar-refractivity contribution in [2.75, 3.05) is 31.5 Å². The molecule has 1 amide bonds. The number of nitrogens with one attached hydrogen (secondary N) is 1. The topological polar surface area (TPSA) is 69.7 Å². The van der Waals surface area contributed by atoms with E-state index in [1.807, 2.05) is 31.2 Å². The SMILES string of the molecule is CCN(CCC(=O)Nc1cc(S(=O)(=O)N2CCCC2)ccc1Cl)Cc1ccccc1Cl. The molecule has 1 N–H and O–H groups in total. The molecule has 1 saturated heterocycles. The van der Waals surface area contributed by atoms with Gasteiger partial charge in [0.05, 0.1) is 15.6 Å². The van der Waals surface area contributed by atoms with E-state index in [0.29, 0.717) is 41.9 Å². The Morgan fingerprint density at radius 1 is 1.10 bits per heavy atom. The predicted molar refractivity (Wildman–Crippen MR) is 125 cm³/mol. The minimum atomic E-state index is -3.58. The Bertz CT molecular complexity index is 1020. The van der Waals surface area contributed by atoms with Crippen LogP contribution in [0.25, 0.3) is 0 Å². The fourth-order valence-corrected chi connectivity index (χ4v) is 5.43. The van der Waals surface area contributed by atoms with Crippen LogP contribution in [0.15, 0.2) is 47.4 Å². The van der Waals surface area contributed by atoms with Gasteiger partial charge in [0.1, 0.15) is 0 Å². The van der Waals surface area contributed by atoms with Crippen LogP contribution >= 0.6 is 23.2 Å². The normalized spacial score (nSPS) is 14.8. The Morgan fingerprint density at radius 2 is 1.81 bits per heavy atom. The lowest BCUT2D eigenvalue weighted by atomic mass is 10.2. The van der Waals surface area contributed by atoms with Gasteiger partial charge < -0.3 is 5.32 Å². The van der Waals surface area contributed by atoms with Crippen molar-refractivity contribution in [3.63, 3.8) is 0 Å². The maximum atomic E-state index is 12.8. The molecule has 0 bridgehead atoms. The number of halogens is 2. The second-order valence-corrected chi connectivity index (χ2v) is 10.3. The summed E-state index contributed by atoms with van der Waals surface area (Å²) in [5.74, 6) is -0.227. The van der Waals surface area contributed by atoms with E-state index in [2.05, 4.69) is 10.2 Å². The van der Waals surface area contributed by atoms with Gasteiger partial charge in [-0.3, -0.25) is 9.69 Å². The van der Waals surface area contributed by atoms with Gasteiger partial charge in [-0.25, -0.2) is 8.42 Å². The van der Waals surface area contributed by atoms with Crippen LogP contribution in [0.2, 0.25) is 10.0 Å². The summed E-state index contributed by atoms with van der Waals surface area (Å²) in [5.41, 5.74) is 1.32. The van der Waals surface area contributed by atoms with Crippen LogP contribution in [0.3, 0.4) is 0 Å². The number of nitrogens with zero attached hydrogens (tertiary/aromatic N) is 2. The van der Waals surface area contributed by atoms with Crippen molar-refractivity contribution in [1.29, 1.82) is 0 Å². The van der Waals surface area contributed by atoms with Crippen molar-refractivity contribution in [3.05, 3.63) is 58.1 Å². The molecule has 1 heterocycles. The first kappa shape index (κ1) is 24.0. The molecule has 0 radical (unpaired) electrons. The zero-order valence-corrected chi connectivity index (χ0v) is 19.8. The van der Waals surface area contributed by atoms with Gasteiger partial charge in [0.15, 0.2) is 0 Å². The number of carbonyl (C=O) groups excluding carboxylic acids is 1. The van der Waals surface area contributed by atoms with E-state index in [0.717, 1.165) is 24.9 Å². The molecule has 2 aromatic rings. The lowest BCUT2D eigenvalue weighted by Crippen LogP contribution is -2.28. The van der Waals surface area contributed by atoms with Crippen LogP contribution in [0.4, 0.5) is 5.69 Å². The maximum Gasteiger partial charge on any atom is 0.243 e. The molecule has 0 aliphatic carbocycles. The summed E-state index contributed by atoms with van der Waals surface area (Å²) in [4.78, 5) is 14.8. The lowest BCUT2D eigenvalue weighted by Gasteiger charge is -2.21. The van der Waals surface area contributed by atoms with Gasteiger partial charge in [-0.2, -0.15) is 4.31 Å². The van der Waals surface area contributed by atoms with Crippen molar-refractivity contribution in [2.24, 2.45) is 0 Å². The fourth-order valence-electron chi connectivity index (χ4n) is 3.53. The molecule has 1 aliphatic heterocycles. The van der Waals surface area contributed by atoms with E-state index in [1.54, 1.807) is 0 Å². The first-order valence-corrected chi connectivity index (χ1v) is 12.6. The Kier molecular flexibility index (Phi) is 8.36. The first-order valence-electron chi connectivity index (χ1n) is 10.4. The summed E-state index contributed by atoms with van der Waals surface area (Å²) < 4.78 is 27.1. The van der Waals surface area contributed by atoms with Crippen molar-refractivity contribution in [2.45, 2.75) is 37.6 Å². The van der Waals surface area contributed by atoms with Crippen LogP contribution in [-0.4, -0.2) is 49.7 Å². The summed E-state index contributed by atoms with van der Waals surface area (Å²) in [5, 5.41) is 3.77. The monoisotopic (exact) mass is 483 g/mol. The number of amides is 1. The number of benzene rings is 2. The Morgan fingerprint density at radius 3 is 2.48 bits per heavy atom. The molecule has 31 heavy (non-hydrogen) atoms. The van der Waals surface area contributed by atoms with Crippen LogP contribution in [-0.2, 0) is 21.4 Å². The zero-order valence-electron chi connectivity index (χ0n) is 17.5. The highest BCUT2D eigenvalue weighted by Crippen LogP contribution is 2.28. The maximum absolute atomic E-state index is 12.8. The molecule has 0 spiro atoms. The molecule has 0 saturated carbocycles. The number of hydrogen-bond donors (Lipinski definition) is 1. The van der Waals surface area contributed by atoms with Crippen LogP contribution < -0.4 is 5.32 Å². The van der Waals surface area contributed by atoms with E-state index in [4.69, 9.17) is 23.2 Å². The second-order valence-electron chi connectivity index (χ2n) is 7.51. The third kappa shape index (κ3) is 6.20. The number of anilines is 1.